The van der Waals surface area contributed by atoms with E-state index in [1.54, 1.807) is 18.2 Å². The molecular formula is C22H30N4O3. The first-order valence-corrected chi connectivity index (χ1v) is 10.3. The molecule has 0 spiro atoms. The number of aromatic nitrogens is 1. The highest BCUT2D eigenvalue weighted by Gasteiger charge is 2.21. The lowest BCUT2D eigenvalue weighted by molar-refractivity contribution is -0.120. The fourth-order valence-electron chi connectivity index (χ4n) is 4.16. The van der Waals surface area contributed by atoms with Gasteiger partial charge in [0.05, 0.1) is 6.54 Å². The van der Waals surface area contributed by atoms with E-state index in [0.717, 1.165) is 37.9 Å². The molecule has 1 aromatic carbocycles. The smallest absolute Gasteiger partial charge is 0.257 e. The second kappa shape index (κ2) is 9.69. The van der Waals surface area contributed by atoms with E-state index in [2.05, 4.69) is 34.4 Å². The van der Waals surface area contributed by atoms with Crippen LogP contribution in [0, 0.1) is 11.8 Å². The molecule has 1 aliphatic rings. The van der Waals surface area contributed by atoms with Gasteiger partial charge in [-0.3, -0.25) is 14.4 Å². The molecule has 2 aromatic rings. The van der Waals surface area contributed by atoms with Gasteiger partial charge in [-0.25, -0.2) is 0 Å². The molecule has 7 nitrogen and oxygen atoms in total. The van der Waals surface area contributed by atoms with Crippen LogP contribution in [0.5, 0.6) is 0 Å². The van der Waals surface area contributed by atoms with E-state index in [1.807, 2.05) is 6.07 Å². The number of carbonyl (C=O) groups is 2. The number of benzene rings is 1. The second-order valence-corrected chi connectivity index (χ2v) is 8.17. The van der Waals surface area contributed by atoms with Crippen LogP contribution in [-0.2, 0) is 4.79 Å². The Bertz CT molecular complexity index is 914. The third-order valence-corrected chi connectivity index (χ3v) is 5.36. The molecule has 2 atom stereocenters. The fourth-order valence-corrected chi connectivity index (χ4v) is 4.16. The summed E-state index contributed by atoms with van der Waals surface area (Å²) in [4.78, 5) is 42.1. The van der Waals surface area contributed by atoms with E-state index in [0.29, 0.717) is 17.4 Å². The molecule has 0 saturated carbocycles. The van der Waals surface area contributed by atoms with Gasteiger partial charge in [0.2, 0.25) is 11.3 Å². The van der Waals surface area contributed by atoms with Gasteiger partial charge >= 0.3 is 0 Å². The largest absolute Gasteiger partial charge is 0.360 e. The summed E-state index contributed by atoms with van der Waals surface area (Å²) in [6.45, 7) is 8.20. The lowest BCUT2D eigenvalue weighted by atomic mass is 9.92. The number of piperidine rings is 1. The van der Waals surface area contributed by atoms with Crippen LogP contribution in [0.15, 0.2) is 35.3 Å². The highest BCUT2D eigenvalue weighted by molar-refractivity contribution is 5.98. The molecule has 1 aromatic heterocycles. The Morgan fingerprint density at radius 3 is 2.62 bits per heavy atom. The molecule has 29 heavy (non-hydrogen) atoms. The molecule has 7 heteroatoms. The van der Waals surface area contributed by atoms with Crippen molar-refractivity contribution in [1.82, 2.24) is 20.5 Å². The normalized spacial score (nSPS) is 19.8. The van der Waals surface area contributed by atoms with E-state index < -0.39 is 5.91 Å². The predicted octanol–water partition coefficient (Wildman–Crippen LogP) is 1.74. The van der Waals surface area contributed by atoms with Crippen LogP contribution in [0.25, 0.3) is 10.9 Å². The van der Waals surface area contributed by atoms with Crippen molar-refractivity contribution in [2.24, 2.45) is 11.8 Å². The van der Waals surface area contributed by atoms with Crippen molar-refractivity contribution in [2.45, 2.75) is 26.7 Å². The summed E-state index contributed by atoms with van der Waals surface area (Å²) in [6, 6.07) is 7.01. The first kappa shape index (κ1) is 21.0. The Labute approximate surface area is 170 Å². The van der Waals surface area contributed by atoms with Crippen LogP contribution in [0.4, 0.5) is 0 Å². The number of nitrogens with one attached hydrogen (secondary N) is 3. The Morgan fingerprint density at radius 1 is 1.14 bits per heavy atom. The molecular weight excluding hydrogens is 368 g/mol. The van der Waals surface area contributed by atoms with Crippen LogP contribution < -0.4 is 16.1 Å². The molecule has 156 valence electrons. The predicted molar refractivity (Wildman–Crippen MR) is 114 cm³/mol. The number of rotatable bonds is 7. The third-order valence-electron chi connectivity index (χ3n) is 5.36. The summed E-state index contributed by atoms with van der Waals surface area (Å²) >= 11 is 0. The number of aromatic amines is 1. The molecule has 1 fully saturated rings. The molecule has 3 N–H and O–H groups in total. The standard InChI is InChI=1S/C22H30N4O3/c1-15-10-16(2)14-26(13-15)9-5-8-23-20(27)12-25-22(29)18-11-24-19-7-4-3-6-17(19)21(18)28/h3-4,6-7,11,15-16H,5,8-10,12-14H2,1-2H3,(H,23,27)(H,24,28)(H,25,29). The molecule has 3 rings (SSSR count). The van der Waals surface area contributed by atoms with E-state index >= 15 is 0 Å². The summed E-state index contributed by atoms with van der Waals surface area (Å²) in [6.07, 6.45) is 3.55. The topological polar surface area (TPSA) is 94.3 Å². The highest BCUT2D eigenvalue weighted by Crippen LogP contribution is 2.20. The number of amides is 2. The summed E-state index contributed by atoms with van der Waals surface area (Å²) < 4.78 is 0. The Kier molecular flexibility index (Phi) is 7.04. The molecule has 0 radical (unpaired) electrons. The molecule has 2 heterocycles. The average Bonchev–Trinajstić information content (AvgIpc) is 2.69. The molecule has 1 saturated heterocycles. The monoisotopic (exact) mass is 398 g/mol. The minimum absolute atomic E-state index is 0.00448. The minimum atomic E-state index is -0.552. The number of H-pyrrole nitrogens is 1. The van der Waals surface area contributed by atoms with E-state index in [9.17, 15) is 14.4 Å². The average molecular weight is 399 g/mol. The van der Waals surface area contributed by atoms with Gasteiger partial charge in [-0.1, -0.05) is 26.0 Å². The van der Waals surface area contributed by atoms with E-state index in [1.165, 1.54) is 12.6 Å². The van der Waals surface area contributed by atoms with Gasteiger partial charge in [0.25, 0.3) is 5.91 Å². The molecule has 2 unspecified atom stereocenters. The van der Waals surface area contributed by atoms with Gasteiger partial charge in [0.1, 0.15) is 5.56 Å². The number of likely N-dealkylation sites (tertiary alicyclic amines) is 1. The van der Waals surface area contributed by atoms with Gasteiger partial charge in [0.15, 0.2) is 0 Å². The molecule has 0 aliphatic carbocycles. The number of hydrogen-bond donors (Lipinski definition) is 3. The van der Waals surface area contributed by atoms with Crippen LogP contribution in [0.2, 0.25) is 0 Å². The van der Waals surface area contributed by atoms with Crippen molar-refractivity contribution in [3.05, 3.63) is 46.2 Å². The van der Waals surface area contributed by atoms with E-state index in [-0.39, 0.29) is 23.4 Å². The van der Waals surface area contributed by atoms with Crippen molar-refractivity contribution < 1.29 is 9.59 Å². The summed E-state index contributed by atoms with van der Waals surface area (Å²) in [7, 11) is 0. The van der Waals surface area contributed by atoms with Gasteiger partial charge in [0, 0.05) is 36.7 Å². The van der Waals surface area contributed by atoms with Crippen molar-refractivity contribution in [1.29, 1.82) is 0 Å². The summed E-state index contributed by atoms with van der Waals surface area (Å²) in [5.74, 6) is 0.642. The minimum Gasteiger partial charge on any atom is -0.360 e. The zero-order valence-electron chi connectivity index (χ0n) is 17.2. The Hall–Kier alpha value is -2.67. The van der Waals surface area contributed by atoms with Crippen molar-refractivity contribution in [3.8, 4) is 0 Å². The number of para-hydroxylation sites is 1. The maximum atomic E-state index is 12.4. The lowest BCUT2D eigenvalue weighted by Gasteiger charge is -2.34. The number of hydrogen-bond acceptors (Lipinski definition) is 4. The lowest BCUT2D eigenvalue weighted by Crippen LogP contribution is -2.41. The Morgan fingerprint density at radius 2 is 1.86 bits per heavy atom. The second-order valence-electron chi connectivity index (χ2n) is 8.17. The number of carbonyl (C=O) groups excluding carboxylic acids is 2. The van der Waals surface area contributed by atoms with Crippen LogP contribution in [0.1, 0.15) is 37.0 Å². The van der Waals surface area contributed by atoms with E-state index in [4.69, 9.17) is 0 Å². The summed E-state index contributed by atoms with van der Waals surface area (Å²) in [5, 5.41) is 5.80. The van der Waals surface area contributed by atoms with Crippen LogP contribution in [0.3, 0.4) is 0 Å². The van der Waals surface area contributed by atoms with Gasteiger partial charge in [-0.05, 0) is 43.4 Å². The first-order chi connectivity index (χ1) is 13.9. The quantitative estimate of drug-likeness (QED) is 0.619. The maximum Gasteiger partial charge on any atom is 0.257 e. The van der Waals surface area contributed by atoms with Crippen molar-refractivity contribution in [2.75, 3.05) is 32.7 Å². The Balaban J connectivity index is 1.41. The van der Waals surface area contributed by atoms with Crippen LogP contribution in [-0.4, -0.2) is 54.4 Å². The SMILES string of the molecule is CC1CC(C)CN(CCCNC(=O)CNC(=O)c2c[nH]c3ccccc3c2=O)C1. The number of nitrogens with zero attached hydrogens (tertiary/aromatic N) is 1. The van der Waals surface area contributed by atoms with Gasteiger partial charge in [-0.15, -0.1) is 0 Å². The van der Waals surface area contributed by atoms with Gasteiger partial charge in [-0.2, -0.15) is 0 Å². The number of fused-ring (bicyclic) bond motifs is 1. The number of pyridine rings is 1. The van der Waals surface area contributed by atoms with Crippen molar-refractivity contribution >= 4 is 22.7 Å². The zero-order valence-corrected chi connectivity index (χ0v) is 17.2. The molecule has 0 bridgehead atoms. The molecule has 2 amide bonds. The maximum absolute atomic E-state index is 12.4. The highest BCUT2D eigenvalue weighted by atomic mass is 16.2. The molecule has 1 aliphatic heterocycles. The van der Waals surface area contributed by atoms with Crippen LogP contribution >= 0.6 is 0 Å². The fraction of sp³-hybridized carbons (Fsp3) is 0.500. The first-order valence-electron chi connectivity index (χ1n) is 10.3. The van der Waals surface area contributed by atoms with Gasteiger partial charge < -0.3 is 20.5 Å². The van der Waals surface area contributed by atoms with Crippen molar-refractivity contribution in [3.63, 3.8) is 0 Å². The third kappa shape index (κ3) is 5.67. The zero-order chi connectivity index (χ0) is 20.8. The summed E-state index contributed by atoms with van der Waals surface area (Å²) in [5.41, 5.74) is 0.330.